The van der Waals surface area contributed by atoms with Gasteiger partial charge < -0.3 is 15.7 Å². The number of pyridine rings is 1. The van der Waals surface area contributed by atoms with E-state index in [1.165, 1.54) is 0 Å². The molecule has 0 saturated carbocycles. The Bertz CT molecular complexity index is 631. The number of aromatic nitrogens is 1. The fraction of sp³-hybridized carbons (Fsp3) is 0.333. The molecule has 0 aliphatic rings. The molecule has 0 spiro atoms. The van der Waals surface area contributed by atoms with Crippen LogP contribution in [0.15, 0.2) is 53.7 Å². The zero-order valence-corrected chi connectivity index (χ0v) is 14.5. The van der Waals surface area contributed by atoms with Crippen LogP contribution in [0.4, 0.5) is 0 Å². The molecule has 0 radical (unpaired) electrons. The number of halogens is 1. The first kappa shape index (κ1) is 18.2. The summed E-state index contributed by atoms with van der Waals surface area (Å²) in [6, 6.07) is 13.3. The van der Waals surface area contributed by atoms with Crippen LogP contribution in [0.2, 0.25) is 5.15 Å². The van der Waals surface area contributed by atoms with Gasteiger partial charge in [0.15, 0.2) is 5.96 Å². The molecule has 5 nitrogen and oxygen atoms in total. The molecule has 1 atom stereocenters. The quantitative estimate of drug-likeness (QED) is 0.409. The number of benzene rings is 1. The van der Waals surface area contributed by atoms with Crippen LogP contribution in [0.1, 0.15) is 30.6 Å². The first-order valence-electron chi connectivity index (χ1n) is 8.04. The second-order valence-corrected chi connectivity index (χ2v) is 5.71. The summed E-state index contributed by atoms with van der Waals surface area (Å²) in [7, 11) is 0. The summed E-state index contributed by atoms with van der Waals surface area (Å²) in [4.78, 5) is 8.56. The number of guanidine groups is 1. The molecule has 24 heavy (non-hydrogen) atoms. The van der Waals surface area contributed by atoms with Crippen molar-refractivity contribution in [1.29, 1.82) is 0 Å². The third kappa shape index (κ3) is 6.18. The van der Waals surface area contributed by atoms with Crippen molar-refractivity contribution in [3.63, 3.8) is 0 Å². The summed E-state index contributed by atoms with van der Waals surface area (Å²) in [5, 5.41) is 17.1. The molecule has 2 aromatic rings. The number of hydrogen-bond donors (Lipinski definition) is 3. The molecule has 0 amide bonds. The highest BCUT2D eigenvalue weighted by molar-refractivity contribution is 6.29. The van der Waals surface area contributed by atoms with Crippen LogP contribution >= 0.6 is 11.6 Å². The number of aliphatic imine (C=N–C) groups is 1. The summed E-state index contributed by atoms with van der Waals surface area (Å²) in [5.41, 5.74) is 1.91. The van der Waals surface area contributed by atoms with Gasteiger partial charge in [0.05, 0.1) is 12.6 Å². The third-order valence-corrected chi connectivity index (χ3v) is 3.67. The van der Waals surface area contributed by atoms with E-state index in [0.717, 1.165) is 17.7 Å². The molecule has 1 unspecified atom stereocenters. The van der Waals surface area contributed by atoms with E-state index in [1.54, 1.807) is 12.3 Å². The number of aliphatic hydroxyl groups is 1. The lowest BCUT2D eigenvalue weighted by Gasteiger charge is -2.14. The molecule has 6 heteroatoms. The molecule has 1 aromatic heterocycles. The van der Waals surface area contributed by atoms with Gasteiger partial charge in [0.2, 0.25) is 0 Å². The Hall–Kier alpha value is -2.11. The molecule has 0 saturated heterocycles. The minimum absolute atomic E-state index is 0.475. The summed E-state index contributed by atoms with van der Waals surface area (Å²) in [6.45, 7) is 3.92. The lowest BCUT2D eigenvalue weighted by molar-refractivity contribution is 0.168. The Morgan fingerprint density at radius 3 is 2.67 bits per heavy atom. The van der Waals surface area contributed by atoms with E-state index in [4.69, 9.17) is 11.6 Å². The molecular weight excluding hydrogens is 324 g/mol. The summed E-state index contributed by atoms with van der Waals surface area (Å²) in [5.74, 6) is 0.715. The predicted octanol–water partition coefficient (Wildman–Crippen LogP) is 2.91. The first-order valence-corrected chi connectivity index (χ1v) is 8.42. The molecule has 0 bridgehead atoms. The SMILES string of the molecule is CCNC(=NCc1ccc(Cl)nc1)NCCC(O)c1ccccc1. The highest BCUT2D eigenvalue weighted by Gasteiger charge is 2.07. The van der Waals surface area contributed by atoms with E-state index in [9.17, 15) is 5.11 Å². The van der Waals surface area contributed by atoms with Crippen molar-refractivity contribution >= 4 is 17.6 Å². The average Bonchev–Trinajstić information content (AvgIpc) is 2.61. The van der Waals surface area contributed by atoms with Crippen LogP contribution in [0.5, 0.6) is 0 Å². The largest absolute Gasteiger partial charge is 0.388 e. The number of nitrogens with one attached hydrogen (secondary N) is 2. The van der Waals surface area contributed by atoms with Crippen LogP contribution in [0.3, 0.4) is 0 Å². The minimum atomic E-state index is -0.484. The number of nitrogens with zero attached hydrogens (tertiary/aromatic N) is 2. The van der Waals surface area contributed by atoms with E-state index < -0.39 is 6.10 Å². The highest BCUT2D eigenvalue weighted by atomic mass is 35.5. The Labute approximate surface area is 147 Å². The average molecular weight is 347 g/mol. The molecule has 0 aliphatic carbocycles. The van der Waals surface area contributed by atoms with E-state index >= 15 is 0 Å². The lowest BCUT2D eigenvalue weighted by Crippen LogP contribution is -2.38. The van der Waals surface area contributed by atoms with Gasteiger partial charge in [0.25, 0.3) is 0 Å². The zero-order chi connectivity index (χ0) is 17.2. The van der Waals surface area contributed by atoms with Gasteiger partial charge >= 0.3 is 0 Å². The molecule has 3 N–H and O–H groups in total. The summed E-state index contributed by atoms with van der Waals surface area (Å²) in [6.07, 6.45) is 1.84. The summed E-state index contributed by atoms with van der Waals surface area (Å²) < 4.78 is 0. The van der Waals surface area contributed by atoms with Gasteiger partial charge in [0.1, 0.15) is 5.15 Å². The van der Waals surface area contributed by atoms with Gasteiger partial charge in [-0.25, -0.2) is 9.98 Å². The molecule has 1 heterocycles. The van der Waals surface area contributed by atoms with E-state index in [2.05, 4.69) is 20.6 Å². The van der Waals surface area contributed by atoms with Crippen molar-refractivity contribution in [3.8, 4) is 0 Å². The second kappa shape index (κ2) is 9.90. The lowest BCUT2D eigenvalue weighted by atomic mass is 10.1. The van der Waals surface area contributed by atoms with Crippen LogP contribution in [-0.4, -0.2) is 29.1 Å². The van der Waals surface area contributed by atoms with Gasteiger partial charge in [-0.05, 0) is 30.5 Å². The monoisotopic (exact) mass is 346 g/mol. The van der Waals surface area contributed by atoms with Gasteiger partial charge in [0, 0.05) is 19.3 Å². The fourth-order valence-corrected chi connectivity index (χ4v) is 2.29. The Kier molecular flexibility index (Phi) is 7.52. The maximum absolute atomic E-state index is 10.2. The Morgan fingerprint density at radius 1 is 1.21 bits per heavy atom. The zero-order valence-electron chi connectivity index (χ0n) is 13.7. The molecule has 2 rings (SSSR count). The molecule has 0 aliphatic heterocycles. The van der Waals surface area contributed by atoms with Crippen LogP contribution in [-0.2, 0) is 6.54 Å². The number of rotatable bonds is 7. The smallest absolute Gasteiger partial charge is 0.191 e. The maximum Gasteiger partial charge on any atom is 0.191 e. The topological polar surface area (TPSA) is 69.5 Å². The van der Waals surface area contributed by atoms with Crippen LogP contribution in [0, 0.1) is 0 Å². The normalized spacial score (nSPS) is 12.7. The van der Waals surface area contributed by atoms with Crippen molar-refractivity contribution in [2.45, 2.75) is 26.0 Å². The maximum atomic E-state index is 10.2. The van der Waals surface area contributed by atoms with Gasteiger partial charge in [-0.1, -0.05) is 48.0 Å². The summed E-state index contributed by atoms with van der Waals surface area (Å²) >= 11 is 5.78. The van der Waals surface area contributed by atoms with Crippen LogP contribution in [0.25, 0.3) is 0 Å². The van der Waals surface area contributed by atoms with Gasteiger partial charge in [-0.2, -0.15) is 0 Å². The van der Waals surface area contributed by atoms with Gasteiger partial charge in [-0.15, -0.1) is 0 Å². The Balaban J connectivity index is 1.84. The van der Waals surface area contributed by atoms with Crippen LogP contribution < -0.4 is 10.6 Å². The molecule has 0 fully saturated rings. The number of hydrogen-bond acceptors (Lipinski definition) is 3. The third-order valence-electron chi connectivity index (χ3n) is 3.45. The first-order chi connectivity index (χ1) is 11.7. The fourth-order valence-electron chi connectivity index (χ4n) is 2.18. The minimum Gasteiger partial charge on any atom is -0.388 e. The highest BCUT2D eigenvalue weighted by Crippen LogP contribution is 2.14. The number of aliphatic hydroxyl groups excluding tert-OH is 1. The van der Waals surface area contributed by atoms with Gasteiger partial charge in [-0.3, -0.25) is 0 Å². The molecular formula is C18H23ClN4O. The predicted molar refractivity (Wildman–Crippen MR) is 98.1 cm³/mol. The van der Waals surface area contributed by atoms with Crippen molar-refractivity contribution < 1.29 is 5.11 Å². The molecule has 1 aromatic carbocycles. The van der Waals surface area contributed by atoms with Crippen molar-refractivity contribution in [1.82, 2.24) is 15.6 Å². The van der Waals surface area contributed by atoms with E-state index in [-0.39, 0.29) is 0 Å². The van der Waals surface area contributed by atoms with Crippen molar-refractivity contribution in [2.75, 3.05) is 13.1 Å². The molecule has 128 valence electrons. The van der Waals surface area contributed by atoms with E-state index in [0.29, 0.717) is 30.6 Å². The Morgan fingerprint density at radius 2 is 2.00 bits per heavy atom. The van der Waals surface area contributed by atoms with Crippen molar-refractivity contribution in [3.05, 3.63) is 64.9 Å². The van der Waals surface area contributed by atoms with E-state index in [1.807, 2.05) is 43.3 Å². The standard InChI is InChI=1S/C18H23ClN4O/c1-2-20-18(23-13-14-8-9-17(19)22-12-14)21-11-10-16(24)15-6-4-3-5-7-15/h3-9,12,16,24H,2,10-11,13H2,1H3,(H2,20,21,23). The second-order valence-electron chi connectivity index (χ2n) is 5.33. The van der Waals surface area contributed by atoms with Crippen molar-refractivity contribution in [2.24, 2.45) is 4.99 Å².